The number of esters is 1. The van der Waals surface area contributed by atoms with Crippen LogP contribution in [0.25, 0.3) is 10.9 Å². The number of carbonyl (C=O) groups is 4. The first-order valence-electron chi connectivity index (χ1n) is 11.9. The van der Waals surface area contributed by atoms with Gasteiger partial charge >= 0.3 is 5.97 Å². The van der Waals surface area contributed by atoms with E-state index in [1.54, 1.807) is 0 Å². The van der Waals surface area contributed by atoms with Crippen LogP contribution in [0.1, 0.15) is 55.7 Å². The fraction of sp³-hybridized carbons (Fsp3) is 0.500. The van der Waals surface area contributed by atoms with E-state index in [2.05, 4.69) is 26.1 Å². The highest BCUT2D eigenvalue weighted by Crippen LogP contribution is 2.39. The lowest BCUT2D eigenvalue weighted by Gasteiger charge is -2.35. The first-order valence-corrected chi connectivity index (χ1v) is 12.9. The lowest BCUT2D eigenvalue weighted by molar-refractivity contribution is -0.130. The molecule has 0 spiro atoms. The van der Waals surface area contributed by atoms with E-state index < -0.39 is 18.0 Å². The van der Waals surface area contributed by atoms with E-state index in [0.717, 1.165) is 58.1 Å². The van der Waals surface area contributed by atoms with Gasteiger partial charge in [-0.05, 0) is 49.1 Å². The molecule has 1 saturated heterocycles. The number of hydrogen-bond acceptors (Lipinski definition) is 7. The third-order valence-electron chi connectivity index (χ3n) is 6.82. The number of hydrogen-bond donors (Lipinski definition) is 1. The van der Waals surface area contributed by atoms with Crippen molar-refractivity contribution in [3.05, 3.63) is 41.1 Å². The Hall–Kier alpha value is -2.94. The predicted octanol–water partition coefficient (Wildman–Crippen LogP) is 3.74. The molecule has 2 aromatic rings. The number of benzene rings is 1. The number of aryl methyl sites for hydroxylation is 1. The molecule has 1 aliphatic carbocycles. The Kier molecular flexibility index (Phi) is 7.17. The summed E-state index contributed by atoms with van der Waals surface area (Å²) in [4.78, 5) is 55.4. The Bertz CT molecular complexity index is 1170. The molecule has 3 amide bonds. The van der Waals surface area contributed by atoms with E-state index in [9.17, 15) is 19.2 Å². The summed E-state index contributed by atoms with van der Waals surface area (Å²) in [5.74, 6) is -0.763. The molecule has 2 aliphatic rings. The minimum atomic E-state index is -1.04. The highest BCUT2D eigenvalue weighted by molar-refractivity contribution is 8.14. The summed E-state index contributed by atoms with van der Waals surface area (Å²) in [6.07, 6.45) is 1.50. The summed E-state index contributed by atoms with van der Waals surface area (Å²) in [6.45, 7) is 8.34. The maximum Gasteiger partial charge on any atom is 0.339 e. The summed E-state index contributed by atoms with van der Waals surface area (Å²) in [7, 11) is 0. The number of rotatable bonds is 6. The molecule has 0 radical (unpaired) electrons. The van der Waals surface area contributed by atoms with Crippen LogP contribution in [-0.4, -0.2) is 57.9 Å². The van der Waals surface area contributed by atoms with E-state index >= 15 is 0 Å². The van der Waals surface area contributed by atoms with Crippen molar-refractivity contribution < 1.29 is 23.9 Å². The van der Waals surface area contributed by atoms with Gasteiger partial charge in [0.15, 0.2) is 6.10 Å². The second kappa shape index (κ2) is 9.97. The highest BCUT2D eigenvalue weighted by Gasteiger charge is 2.34. The van der Waals surface area contributed by atoms with Crippen molar-refractivity contribution in [1.29, 1.82) is 0 Å². The van der Waals surface area contributed by atoms with Crippen LogP contribution in [0.3, 0.4) is 0 Å². The maximum absolute atomic E-state index is 13.4. The van der Waals surface area contributed by atoms with Crippen LogP contribution in [0.5, 0.6) is 0 Å². The van der Waals surface area contributed by atoms with Gasteiger partial charge in [-0.15, -0.1) is 0 Å². The van der Waals surface area contributed by atoms with Crippen LogP contribution < -0.4 is 5.32 Å². The summed E-state index contributed by atoms with van der Waals surface area (Å²) in [5.41, 5.74) is 3.16. The van der Waals surface area contributed by atoms with E-state index in [1.165, 1.54) is 6.92 Å². The third-order valence-corrected chi connectivity index (χ3v) is 7.67. The number of pyridine rings is 1. The second-order valence-corrected chi connectivity index (χ2v) is 11.1. The lowest BCUT2D eigenvalue weighted by atomic mass is 9.70. The van der Waals surface area contributed by atoms with Crippen molar-refractivity contribution in [1.82, 2.24) is 15.2 Å². The van der Waals surface area contributed by atoms with Gasteiger partial charge in [0.05, 0.1) is 16.8 Å². The van der Waals surface area contributed by atoms with Gasteiger partial charge in [0.25, 0.3) is 11.1 Å². The van der Waals surface area contributed by atoms with Gasteiger partial charge in [0.1, 0.15) is 0 Å². The maximum atomic E-state index is 13.4. The minimum Gasteiger partial charge on any atom is -0.449 e. The first kappa shape index (κ1) is 25.2. The first-order chi connectivity index (χ1) is 16.6. The Balaban J connectivity index is 1.50. The molecular weight excluding hydrogens is 466 g/mol. The van der Waals surface area contributed by atoms with E-state index in [1.807, 2.05) is 24.3 Å². The average molecular weight is 498 g/mol. The number of amides is 3. The Morgan fingerprint density at radius 3 is 2.69 bits per heavy atom. The number of carbonyl (C=O) groups excluding carboxylic acids is 4. The van der Waals surface area contributed by atoms with E-state index in [0.29, 0.717) is 11.5 Å². The number of nitrogens with one attached hydrogen (secondary N) is 1. The second-order valence-electron chi connectivity index (χ2n) is 10.2. The summed E-state index contributed by atoms with van der Waals surface area (Å²) >= 11 is 0.948. The van der Waals surface area contributed by atoms with Crippen molar-refractivity contribution in [3.8, 4) is 0 Å². The van der Waals surface area contributed by atoms with Gasteiger partial charge in [0, 0.05) is 24.2 Å². The Morgan fingerprint density at radius 1 is 1.26 bits per heavy atom. The molecule has 1 fully saturated rings. The van der Waals surface area contributed by atoms with Crippen LogP contribution in [0, 0.1) is 11.3 Å². The fourth-order valence-corrected chi connectivity index (χ4v) is 5.42. The number of thioether (sulfide) groups is 1. The molecule has 2 atom stereocenters. The highest BCUT2D eigenvalue weighted by atomic mass is 32.2. The largest absolute Gasteiger partial charge is 0.449 e. The summed E-state index contributed by atoms with van der Waals surface area (Å²) < 4.78 is 5.63. The number of aromatic nitrogens is 1. The van der Waals surface area contributed by atoms with Crippen LogP contribution in [0.4, 0.5) is 4.79 Å². The molecular formula is C26H31N3O5S. The Morgan fingerprint density at radius 2 is 2.00 bits per heavy atom. The standard InChI is InChI=1S/C26H31N3O5S/c1-15(23(31)27-11-12-29-21(30)14-35-25(29)33)34-24(32)22-17-7-5-6-8-19(17)28-20-10-9-16(13-18(20)22)26(2,3)4/h5-8,15-16H,9-14H2,1-4H3,(H,27,31)/t15-,16-/m1/s1. The Labute approximate surface area is 209 Å². The minimum absolute atomic E-state index is 0.0910. The van der Waals surface area contributed by atoms with Gasteiger partial charge in [-0.2, -0.15) is 0 Å². The third kappa shape index (κ3) is 5.34. The molecule has 0 bridgehead atoms. The quantitative estimate of drug-likeness (QED) is 0.606. The zero-order valence-electron chi connectivity index (χ0n) is 20.6. The molecule has 35 heavy (non-hydrogen) atoms. The van der Waals surface area contributed by atoms with Crippen molar-refractivity contribution >= 4 is 45.7 Å². The number of imide groups is 1. The molecule has 1 aliphatic heterocycles. The topological polar surface area (TPSA) is 106 Å². The fourth-order valence-electron chi connectivity index (χ4n) is 4.67. The van der Waals surface area contributed by atoms with Crippen LogP contribution in [0.15, 0.2) is 24.3 Å². The smallest absolute Gasteiger partial charge is 0.339 e. The normalized spacial score (nSPS) is 19.0. The predicted molar refractivity (Wildman–Crippen MR) is 134 cm³/mol. The van der Waals surface area contributed by atoms with E-state index in [-0.39, 0.29) is 35.4 Å². The van der Waals surface area contributed by atoms with Crippen LogP contribution >= 0.6 is 11.8 Å². The summed E-state index contributed by atoms with van der Waals surface area (Å²) in [5, 5.41) is 3.06. The molecule has 1 aromatic carbocycles. The van der Waals surface area contributed by atoms with Gasteiger partial charge in [-0.1, -0.05) is 50.7 Å². The monoisotopic (exact) mass is 497 g/mol. The average Bonchev–Trinajstić information content (AvgIpc) is 3.13. The molecule has 0 unspecified atom stereocenters. The van der Waals surface area contributed by atoms with Crippen LogP contribution in [-0.2, 0) is 27.2 Å². The zero-order chi connectivity index (χ0) is 25.3. The SMILES string of the molecule is C[C@@H](OC(=O)c1c2c(nc3ccccc13)CC[C@@H](C(C)(C)C)C2)C(=O)NCCN1C(=O)CSC1=O. The zero-order valence-corrected chi connectivity index (χ0v) is 21.4. The molecule has 9 heteroatoms. The van der Waals surface area contributed by atoms with Crippen LogP contribution in [0.2, 0.25) is 0 Å². The molecule has 8 nitrogen and oxygen atoms in total. The molecule has 1 aromatic heterocycles. The number of para-hydroxylation sites is 1. The van der Waals surface area contributed by atoms with Gasteiger partial charge in [0.2, 0.25) is 5.91 Å². The number of nitrogens with zero attached hydrogens (tertiary/aromatic N) is 2. The van der Waals surface area contributed by atoms with Gasteiger partial charge in [-0.3, -0.25) is 24.3 Å². The molecule has 1 N–H and O–H groups in total. The van der Waals surface area contributed by atoms with Crippen molar-refractivity contribution in [2.75, 3.05) is 18.8 Å². The summed E-state index contributed by atoms with van der Waals surface area (Å²) in [6, 6.07) is 7.51. The number of ether oxygens (including phenoxy) is 1. The number of fused-ring (bicyclic) bond motifs is 2. The molecule has 0 saturated carbocycles. The molecule has 4 rings (SSSR count). The van der Waals surface area contributed by atoms with Gasteiger partial charge < -0.3 is 10.1 Å². The van der Waals surface area contributed by atoms with Crippen molar-refractivity contribution in [2.24, 2.45) is 11.3 Å². The molecule has 2 heterocycles. The molecule has 186 valence electrons. The van der Waals surface area contributed by atoms with Crippen molar-refractivity contribution in [3.63, 3.8) is 0 Å². The lowest BCUT2D eigenvalue weighted by Crippen LogP contribution is -2.41. The van der Waals surface area contributed by atoms with Gasteiger partial charge in [-0.25, -0.2) is 4.79 Å². The van der Waals surface area contributed by atoms with E-state index in [4.69, 9.17) is 9.72 Å². The van der Waals surface area contributed by atoms with Crippen molar-refractivity contribution in [2.45, 2.75) is 53.1 Å².